The van der Waals surface area contributed by atoms with Crippen molar-refractivity contribution in [1.29, 1.82) is 0 Å². The molecule has 33 heavy (non-hydrogen) atoms. The summed E-state index contributed by atoms with van der Waals surface area (Å²) < 4.78 is 30.7. The second-order valence-electron chi connectivity index (χ2n) is 5.42. The van der Waals surface area contributed by atoms with Crippen molar-refractivity contribution in [1.82, 2.24) is 0 Å². The summed E-state index contributed by atoms with van der Waals surface area (Å²) in [5.41, 5.74) is 0. The molecule has 0 aliphatic heterocycles. The summed E-state index contributed by atoms with van der Waals surface area (Å²) in [6, 6.07) is 0. The van der Waals surface area contributed by atoms with Gasteiger partial charge in [0, 0.05) is 0 Å². The van der Waals surface area contributed by atoms with Gasteiger partial charge in [-0.05, 0) is 20.8 Å². The molecule has 0 aliphatic rings. The summed E-state index contributed by atoms with van der Waals surface area (Å²) in [6.07, 6.45) is 0. The number of hydrogen-bond acceptors (Lipinski definition) is 8. The number of aliphatic hydroxyl groups excluding tert-OH is 2. The molecule has 0 aromatic rings. The van der Waals surface area contributed by atoms with Crippen LogP contribution in [-0.2, 0) is 28.4 Å². The summed E-state index contributed by atoms with van der Waals surface area (Å²) in [6.45, 7) is 11.5. The fourth-order valence-corrected chi connectivity index (χ4v) is 1.75. The van der Waals surface area contributed by atoms with Gasteiger partial charge < -0.3 is 38.6 Å². The Kier molecular flexibility index (Phi) is 45.4. The standard InChI is InChI=1S/C14H22O4.C6H14O4.C4H5Br/c1-3-5-7-15-9-11-17-13-14-18-12-10-16-8-6-4-2;7-1-3-9-5-6-10-4-2-8;1-2-3-4-5/h7-14H2,1-2H3;7-8H,1-6H2;4H2,1H3. The van der Waals surface area contributed by atoms with Crippen LogP contribution in [0.5, 0.6) is 0 Å². The van der Waals surface area contributed by atoms with Crippen LogP contribution in [0.1, 0.15) is 20.8 Å². The van der Waals surface area contributed by atoms with Gasteiger partial charge in [-0.15, -0.1) is 17.8 Å². The minimum atomic E-state index is 0.0417. The molecule has 0 spiro atoms. The summed E-state index contributed by atoms with van der Waals surface area (Å²) in [5.74, 6) is 16.6. The van der Waals surface area contributed by atoms with Crippen LogP contribution in [0.2, 0.25) is 0 Å². The molecular formula is C24H41BrO8. The van der Waals surface area contributed by atoms with Crippen molar-refractivity contribution in [3.63, 3.8) is 0 Å². The number of hydrogen-bond donors (Lipinski definition) is 2. The van der Waals surface area contributed by atoms with Crippen LogP contribution in [0.25, 0.3) is 0 Å². The molecule has 0 aromatic heterocycles. The minimum Gasteiger partial charge on any atom is -0.394 e. The molecule has 0 rings (SSSR count). The van der Waals surface area contributed by atoms with Gasteiger partial charge in [-0.25, -0.2) is 0 Å². The second kappa shape index (κ2) is 41.1. The lowest BCUT2D eigenvalue weighted by molar-refractivity contribution is 0.00485. The topological polar surface area (TPSA) is 95.8 Å². The van der Waals surface area contributed by atoms with E-state index in [0.717, 1.165) is 5.33 Å². The highest BCUT2D eigenvalue weighted by Gasteiger charge is 1.91. The van der Waals surface area contributed by atoms with E-state index in [-0.39, 0.29) is 13.2 Å². The van der Waals surface area contributed by atoms with Crippen molar-refractivity contribution >= 4 is 15.9 Å². The lowest BCUT2D eigenvalue weighted by atomic mass is 10.6. The molecule has 0 aliphatic carbocycles. The van der Waals surface area contributed by atoms with Crippen molar-refractivity contribution in [2.24, 2.45) is 0 Å². The number of alkyl halides is 1. The maximum Gasteiger partial charge on any atom is 0.107 e. The first-order valence-corrected chi connectivity index (χ1v) is 11.8. The predicted octanol–water partition coefficient (Wildman–Crippen LogP) is 1.51. The average molecular weight is 537 g/mol. The normalized spacial score (nSPS) is 8.91. The van der Waals surface area contributed by atoms with Crippen LogP contribution in [0.3, 0.4) is 0 Å². The minimum absolute atomic E-state index is 0.0417. The van der Waals surface area contributed by atoms with Crippen molar-refractivity contribution < 1.29 is 38.6 Å². The van der Waals surface area contributed by atoms with E-state index in [1.54, 1.807) is 13.8 Å². The highest BCUT2D eigenvalue weighted by atomic mass is 79.9. The molecule has 0 bridgehead atoms. The number of halogens is 1. The van der Waals surface area contributed by atoms with E-state index >= 15 is 0 Å². The highest BCUT2D eigenvalue weighted by molar-refractivity contribution is 9.09. The molecule has 8 nitrogen and oxygen atoms in total. The Morgan fingerprint density at radius 1 is 0.485 bits per heavy atom. The Bertz CT molecular complexity index is 488. The maximum absolute atomic E-state index is 8.26. The molecule has 0 heterocycles. The molecule has 0 aromatic carbocycles. The molecule has 0 unspecified atom stereocenters. The van der Waals surface area contributed by atoms with Gasteiger partial charge in [0.25, 0.3) is 0 Å². The molecule has 0 radical (unpaired) electrons. The van der Waals surface area contributed by atoms with Gasteiger partial charge in [0.05, 0.1) is 84.6 Å². The van der Waals surface area contributed by atoms with E-state index < -0.39 is 0 Å². The molecule has 0 saturated heterocycles. The Morgan fingerprint density at radius 2 is 0.788 bits per heavy atom. The van der Waals surface area contributed by atoms with E-state index in [1.807, 2.05) is 6.92 Å². The van der Waals surface area contributed by atoms with Crippen LogP contribution in [0, 0.1) is 35.5 Å². The molecule has 9 heteroatoms. The lowest BCUT2D eigenvalue weighted by Gasteiger charge is -2.05. The Labute approximate surface area is 208 Å². The smallest absolute Gasteiger partial charge is 0.107 e. The van der Waals surface area contributed by atoms with Gasteiger partial charge in [0.2, 0.25) is 0 Å². The fraction of sp³-hybridized carbons (Fsp3) is 0.750. The molecule has 0 amide bonds. The zero-order valence-corrected chi connectivity index (χ0v) is 21.9. The van der Waals surface area contributed by atoms with Crippen LogP contribution in [0.4, 0.5) is 0 Å². The van der Waals surface area contributed by atoms with Crippen molar-refractivity contribution in [3.05, 3.63) is 0 Å². The molecule has 0 fully saturated rings. The summed E-state index contributed by atoms with van der Waals surface area (Å²) in [7, 11) is 0. The monoisotopic (exact) mass is 536 g/mol. The molecular weight excluding hydrogens is 496 g/mol. The van der Waals surface area contributed by atoms with E-state index in [0.29, 0.717) is 79.3 Å². The number of ether oxygens (including phenoxy) is 6. The largest absolute Gasteiger partial charge is 0.394 e. The zero-order valence-electron chi connectivity index (χ0n) is 20.3. The molecule has 0 atom stereocenters. The average Bonchev–Trinajstić information content (AvgIpc) is 2.83. The fourth-order valence-electron chi connectivity index (χ4n) is 1.47. The highest BCUT2D eigenvalue weighted by Crippen LogP contribution is 1.82. The first-order valence-electron chi connectivity index (χ1n) is 10.7. The summed E-state index contributed by atoms with van der Waals surface area (Å²) in [4.78, 5) is 0. The predicted molar refractivity (Wildman–Crippen MR) is 133 cm³/mol. The second-order valence-corrected chi connectivity index (χ2v) is 5.98. The van der Waals surface area contributed by atoms with Crippen LogP contribution in [0.15, 0.2) is 0 Å². The van der Waals surface area contributed by atoms with Crippen LogP contribution in [-0.4, -0.2) is 108 Å². The van der Waals surface area contributed by atoms with Gasteiger partial charge in [-0.1, -0.05) is 33.7 Å². The van der Waals surface area contributed by atoms with Crippen LogP contribution < -0.4 is 0 Å². The number of rotatable bonds is 18. The van der Waals surface area contributed by atoms with Gasteiger partial charge in [-0.2, -0.15) is 0 Å². The SMILES string of the molecule is CC#CCBr.CC#CCOCCOCCOCCOCC#CC.OCCOCCOCCO. The van der Waals surface area contributed by atoms with E-state index in [9.17, 15) is 0 Å². The maximum atomic E-state index is 8.26. The van der Waals surface area contributed by atoms with Crippen LogP contribution >= 0.6 is 15.9 Å². The van der Waals surface area contributed by atoms with E-state index in [2.05, 4.69) is 51.5 Å². The summed E-state index contributed by atoms with van der Waals surface area (Å²) in [5, 5.41) is 17.3. The number of aliphatic hydroxyl groups is 2. The van der Waals surface area contributed by atoms with Gasteiger partial charge in [0.1, 0.15) is 13.2 Å². The van der Waals surface area contributed by atoms with Gasteiger partial charge in [-0.3, -0.25) is 0 Å². The quantitative estimate of drug-likeness (QED) is 0.154. The molecule has 192 valence electrons. The zero-order chi connectivity index (χ0) is 25.1. The third kappa shape index (κ3) is 49.2. The summed E-state index contributed by atoms with van der Waals surface area (Å²) >= 11 is 3.14. The van der Waals surface area contributed by atoms with Gasteiger partial charge >= 0.3 is 0 Å². The molecule has 0 saturated carbocycles. The Hall–Kier alpha value is -1.16. The van der Waals surface area contributed by atoms with Crippen molar-refractivity contribution in [2.45, 2.75) is 20.8 Å². The Balaban J connectivity index is -0.000000500. The van der Waals surface area contributed by atoms with E-state index in [1.165, 1.54) is 0 Å². The first kappa shape index (κ1) is 36.4. The molecule has 2 N–H and O–H groups in total. The van der Waals surface area contributed by atoms with Crippen molar-refractivity contribution in [2.75, 3.05) is 97.8 Å². The van der Waals surface area contributed by atoms with E-state index in [4.69, 9.17) is 38.6 Å². The Morgan fingerprint density at radius 3 is 1.03 bits per heavy atom. The third-order valence-corrected chi connectivity index (χ3v) is 3.19. The first-order chi connectivity index (χ1) is 16.2. The third-order valence-electron chi connectivity index (χ3n) is 2.90. The van der Waals surface area contributed by atoms with Gasteiger partial charge in [0.15, 0.2) is 0 Å². The lowest BCUT2D eigenvalue weighted by Crippen LogP contribution is -2.12. The van der Waals surface area contributed by atoms with Crippen molar-refractivity contribution in [3.8, 4) is 35.5 Å².